The molecule has 0 bridgehead atoms. The molecule has 3 heteroatoms. The molecule has 0 aromatic carbocycles. The van der Waals surface area contributed by atoms with Gasteiger partial charge in [-0.15, -0.1) is 0 Å². The number of unbranched alkanes of at least 4 members (excludes halogenated alkanes) is 13. The van der Waals surface area contributed by atoms with Gasteiger partial charge in [0.15, 0.2) is 0 Å². The minimum absolute atomic E-state index is 0.342. The van der Waals surface area contributed by atoms with Crippen molar-refractivity contribution in [1.29, 1.82) is 0 Å². The summed E-state index contributed by atoms with van der Waals surface area (Å²) < 4.78 is 0. The van der Waals surface area contributed by atoms with E-state index >= 15 is 0 Å². The van der Waals surface area contributed by atoms with Crippen LogP contribution >= 0.6 is 0 Å². The van der Waals surface area contributed by atoms with Crippen LogP contribution in [0.15, 0.2) is 0 Å². The smallest absolute Gasteiger partial charge is 0.303 e. The van der Waals surface area contributed by atoms with Crippen LogP contribution in [0.2, 0.25) is 0 Å². The number of carboxylic acid groups (broad SMARTS) is 1. The minimum Gasteiger partial charge on any atom is -0.481 e. The highest BCUT2D eigenvalue weighted by molar-refractivity contribution is 5.66. The van der Waals surface area contributed by atoms with Crippen LogP contribution in [0.25, 0.3) is 0 Å². The number of carbonyl (C=O) groups is 1. The highest BCUT2D eigenvalue weighted by atomic mass is 16.4. The molecule has 0 atom stereocenters. The third kappa shape index (κ3) is 21.4. The Labute approximate surface area is 144 Å². The monoisotopic (exact) mass is 327 g/mol. The summed E-state index contributed by atoms with van der Waals surface area (Å²) in [5.41, 5.74) is 0. The van der Waals surface area contributed by atoms with Crippen molar-refractivity contribution in [3.8, 4) is 0 Å². The molecule has 0 saturated heterocycles. The molecule has 0 aromatic heterocycles. The Hall–Kier alpha value is -0.570. The Kier molecular flexibility index (Phi) is 19.0. The van der Waals surface area contributed by atoms with Crippen LogP contribution in [0.1, 0.15) is 110 Å². The maximum absolute atomic E-state index is 10.4. The summed E-state index contributed by atoms with van der Waals surface area (Å²) in [6.45, 7) is 4.65. The molecule has 2 N–H and O–H groups in total. The van der Waals surface area contributed by atoms with E-state index in [9.17, 15) is 4.79 Å². The largest absolute Gasteiger partial charge is 0.481 e. The quantitative estimate of drug-likeness (QED) is 0.289. The number of aliphatic carboxylic acids is 1. The molecule has 0 radical (unpaired) electrons. The zero-order chi connectivity index (χ0) is 17.0. The zero-order valence-electron chi connectivity index (χ0n) is 15.6. The van der Waals surface area contributed by atoms with Crippen molar-refractivity contribution >= 4 is 5.97 Å². The molecule has 3 nitrogen and oxygen atoms in total. The highest BCUT2D eigenvalue weighted by Gasteiger charge is 1.97. The first-order chi connectivity index (χ1) is 11.3. The van der Waals surface area contributed by atoms with Gasteiger partial charge in [0.2, 0.25) is 0 Å². The average Bonchev–Trinajstić information content (AvgIpc) is 2.53. The van der Waals surface area contributed by atoms with Crippen molar-refractivity contribution in [1.82, 2.24) is 5.32 Å². The Morgan fingerprint density at radius 3 is 1.48 bits per heavy atom. The van der Waals surface area contributed by atoms with E-state index in [1.807, 2.05) is 0 Å². The topological polar surface area (TPSA) is 49.3 Å². The Morgan fingerprint density at radius 1 is 0.652 bits per heavy atom. The average molecular weight is 328 g/mol. The normalized spacial score (nSPS) is 11.0. The van der Waals surface area contributed by atoms with Crippen LogP contribution in [-0.4, -0.2) is 24.2 Å². The third-order valence-corrected chi connectivity index (χ3v) is 4.45. The number of hydrogen-bond acceptors (Lipinski definition) is 2. The van der Waals surface area contributed by atoms with E-state index in [0.29, 0.717) is 6.42 Å². The molecule has 0 aliphatic carbocycles. The van der Waals surface area contributed by atoms with Gasteiger partial charge in [0, 0.05) is 6.42 Å². The molecular formula is C20H41NO2. The van der Waals surface area contributed by atoms with Gasteiger partial charge >= 0.3 is 5.97 Å². The lowest BCUT2D eigenvalue weighted by Gasteiger charge is -2.05. The van der Waals surface area contributed by atoms with Gasteiger partial charge in [0.25, 0.3) is 0 Å². The van der Waals surface area contributed by atoms with Gasteiger partial charge in [0.1, 0.15) is 0 Å². The van der Waals surface area contributed by atoms with Crippen LogP contribution in [-0.2, 0) is 4.79 Å². The predicted molar refractivity (Wildman–Crippen MR) is 100 cm³/mol. The lowest BCUT2D eigenvalue weighted by molar-refractivity contribution is -0.137. The Balaban J connectivity index is 2.96. The molecule has 0 aliphatic heterocycles. The van der Waals surface area contributed by atoms with Gasteiger partial charge < -0.3 is 10.4 Å². The van der Waals surface area contributed by atoms with Gasteiger partial charge in [-0.05, 0) is 32.4 Å². The first-order valence-corrected chi connectivity index (χ1v) is 10.2. The van der Waals surface area contributed by atoms with Crippen molar-refractivity contribution in [3.05, 3.63) is 0 Å². The number of hydrogen-bond donors (Lipinski definition) is 2. The van der Waals surface area contributed by atoms with Crippen molar-refractivity contribution in [2.75, 3.05) is 13.1 Å². The Morgan fingerprint density at radius 2 is 1.04 bits per heavy atom. The summed E-state index contributed by atoms with van der Waals surface area (Å²) in [6, 6.07) is 0. The molecule has 0 aliphatic rings. The first-order valence-electron chi connectivity index (χ1n) is 10.2. The fourth-order valence-corrected chi connectivity index (χ4v) is 2.92. The third-order valence-electron chi connectivity index (χ3n) is 4.45. The summed E-state index contributed by atoms with van der Waals surface area (Å²) in [5.74, 6) is -0.655. The van der Waals surface area contributed by atoms with Gasteiger partial charge in [0.05, 0.1) is 0 Å². The standard InChI is InChI=1S/C20H41NO2/c1-2-3-15-18-21-19-16-13-11-9-7-5-4-6-8-10-12-14-17-20(22)23/h21H,2-19H2,1H3,(H,22,23). The van der Waals surface area contributed by atoms with Crippen LogP contribution in [0.5, 0.6) is 0 Å². The fourth-order valence-electron chi connectivity index (χ4n) is 2.92. The highest BCUT2D eigenvalue weighted by Crippen LogP contribution is 2.12. The molecule has 0 fully saturated rings. The van der Waals surface area contributed by atoms with E-state index in [1.54, 1.807) is 0 Å². The SMILES string of the molecule is CCCCCNCCCCCCCCCCCCCCC(=O)O. The fraction of sp³-hybridized carbons (Fsp3) is 0.950. The van der Waals surface area contributed by atoms with Gasteiger partial charge in [-0.3, -0.25) is 4.79 Å². The van der Waals surface area contributed by atoms with Crippen LogP contribution in [0, 0.1) is 0 Å². The van der Waals surface area contributed by atoms with Crippen LogP contribution < -0.4 is 5.32 Å². The lowest BCUT2D eigenvalue weighted by atomic mass is 10.0. The second kappa shape index (κ2) is 19.5. The van der Waals surface area contributed by atoms with Crippen molar-refractivity contribution in [3.63, 3.8) is 0 Å². The summed E-state index contributed by atoms with van der Waals surface area (Å²) >= 11 is 0. The molecule has 0 spiro atoms. The maximum atomic E-state index is 10.4. The van der Waals surface area contributed by atoms with Gasteiger partial charge in [-0.1, -0.05) is 84.0 Å². The second-order valence-electron chi connectivity index (χ2n) is 6.84. The van der Waals surface area contributed by atoms with E-state index in [1.165, 1.54) is 96.6 Å². The molecular weight excluding hydrogens is 286 g/mol. The van der Waals surface area contributed by atoms with Crippen molar-refractivity contribution in [2.24, 2.45) is 0 Å². The van der Waals surface area contributed by atoms with Gasteiger partial charge in [-0.25, -0.2) is 0 Å². The van der Waals surface area contributed by atoms with Crippen molar-refractivity contribution < 1.29 is 9.90 Å². The minimum atomic E-state index is -0.655. The van der Waals surface area contributed by atoms with E-state index < -0.39 is 5.97 Å². The summed E-state index contributed by atoms with van der Waals surface area (Å²) in [6.07, 6.45) is 19.7. The molecule has 0 saturated carbocycles. The first kappa shape index (κ1) is 22.4. The second-order valence-corrected chi connectivity index (χ2v) is 6.84. The summed E-state index contributed by atoms with van der Waals surface area (Å²) in [4.78, 5) is 10.4. The van der Waals surface area contributed by atoms with Crippen LogP contribution in [0.4, 0.5) is 0 Å². The van der Waals surface area contributed by atoms with E-state index in [-0.39, 0.29) is 0 Å². The van der Waals surface area contributed by atoms with E-state index in [2.05, 4.69) is 12.2 Å². The van der Waals surface area contributed by atoms with Crippen LogP contribution in [0.3, 0.4) is 0 Å². The van der Waals surface area contributed by atoms with Gasteiger partial charge in [-0.2, -0.15) is 0 Å². The number of carboxylic acids is 1. The molecule has 0 rings (SSSR count). The lowest BCUT2D eigenvalue weighted by Crippen LogP contribution is -2.16. The summed E-state index contributed by atoms with van der Waals surface area (Å²) in [5, 5.41) is 12.1. The predicted octanol–water partition coefficient (Wildman–Crippen LogP) is 5.92. The number of nitrogens with one attached hydrogen (secondary N) is 1. The Bertz CT molecular complexity index is 244. The molecule has 0 heterocycles. The molecule has 0 unspecified atom stereocenters. The number of rotatable bonds is 19. The maximum Gasteiger partial charge on any atom is 0.303 e. The molecule has 23 heavy (non-hydrogen) atoms. The van der Waals surface area contributed by atoms with Crippen molar-refractivity contribution in [2.45, 2.75) is 110 Å². The summed E-state index contributed by atoms with van der Waals surface area (Å²) in [7, 11) is 0. The van der Waals surface area contributed by atoms with E-state index in [0.717, 1.165) is 12.8 Å². The van der Waals surface area contributed by atoms with E-state index in [4.69, 9.17) is 5.11 Å². The molecule has 138 valence electrons. The molecule has 0 aromatic rings. The zero-order valence-corrected chi connectivity index (χ0v) is 15.6. The molecule has 0 amide bonds.